The van der Waals surface area contributed by atoms with Crippen LogP contribution in [0.4, 0.5) is 19.0 Å². The van der Waals surface area contributed by atoms with Crippen LogP contribution in [-0.2, 0) is 6.18 Å². The van der Waals surface area contributed by atoms with Crippen molar-refractivity contribution in [3.05, 3.63) is 129 Å². The fourth-order valence-corrected chi connectivity index (χ4v) is 7.16. The zero-order valence-electron chi connectivity index (χ0n) is 25.2. The van der Waals surface area contributed by atoms with Crippen molar-refractivity contribution in [3.8, 4) is 22.4 Å². The molecule has 1 fully saturated rings. The molecule has 0 bridgehead atoms. The van der Waals surface area contributed by atoms with E-state index >= 15 is 0 Å². The number of benzene rings is 3. The summed E-state index contributed by atoms with van der Waals surface area (Å²) < 4.78 is 41.1. The molecular weight excluding hydrogens is 659 g/mol. The Labute approximate surface area is 282 Å². The molecule has 0 spiro atoms. The van der Waals surface area contributed by atoms with Crippen molar-refractivity contribution in [2.24, 2.45) is 0 Å². The summed E-state index contributed by atoms with van der Waals surface area (Å²) in [5.41, 5.74) is 3.01. The minimum atomic E-state index is -4.43. The highest BCUT2D eigenvalue weighted by atomic mass is 35.5. The van der Waals surface area contributed by atoms with Gasteiger partial charge in [-0.25, -0.2) is 9.97 Å². The number of nitrogens with one attached hydrogen (secondary N) is 1. The van der Waals surface area contributed by atoms with Gasteiger partial charge in [0.2, 0.25) is 0 Å². The monoisotopic (exact) mass is 685 g/mol. The number of carbonyl (C=O) groups excluding carboxylic acids is 2. The molecule has 2 amide bonds. The van der Waals surface area contributed by atoms with Crippen LogP contribution in [-0.4, -0.2) is 44.2 Å². The Morgan fingerprint density at radius 1 is 0.854 bits per heavy atom. The average Bonchev–Trinajstić information content (AvgIpc) is 3.74. The topological polar surface area (TPSA) is 79.6 Å². The van der Waals surface area contributed by atoms with Gasteiger partial charge in [-0.05, 0) is 60.4 Å². The van der Waals surface area contributed by atoms with E-state index in [1.54, 1.807) is 45.0 Å². The fraction of sp³-hybridized carbons (Fsp3) is 0.167. The molecule has 7 rings (SSSR count). The number of rotatable bonds is 6. The van der Waals surface area contributed by atoms with Gasteiger partial charge in [-0.1, -0.05) is 66.2 Å². The molecule has 242 valence electrons. The number of anilines is 1. The second-order valence-corrected chi connectivity index (χ2v) is 12.7. The molecular formula is C36H27ClF3N5O2S. The normalized spacial score (nSPS) is 14.0. The van der Waals surface area contributed by atoms with Crippen molar-refractivity contribution < 1.29 is 22.8 Å². The molecule has 12 heteroatoms. The summed E-state index contributed by atoms with van der Waals surface area (Å²) in [6.45, 7) is 0.962. The number of halogens is 4. The Morgan fingerprint density at radius 3 is 2.27 bits per heavy atom. The molecule has 1 aliphatic rings. The quantitative estimate of drug-likeness (QED) is 0.190. The lowest BCUT2D eigenvalue weighted by Crippen LogP contribution is -2.38. The van der Waals surface area contributed by atoms with Crippen molar-refractivity contribution in [1.29, 1.82) is 0 Å². The zero-order valence-corrected chi connectivity index (χ0v) is 26.8. The fourth-order valence-electron chi connectivity index (χ4n) is 5.97. The van der Waals surface area contributed by atoms with Gasteiger partial charge >= 0.3 is 6.18 Å². The highest BCUT2D eigenvalue weighted by Gasteiger charge is 2.31. The van der Waals surface area contributed by atoms with Crippen LogP contribution in [0, 0.1) is 0 Å². The molecule has 6 aromatic rings. The van der Waals surface area contributed by atoms with Gasteiger partial charge in [0.15, 0.2) is 0 Å². The number of fused-ring (bicyclic) bond motifs is 1. The third-order valence-electron chi connectivity index (χ3n) is 8.46. The third kappa shape index (κ3) is 6.18. The maximum absolute atomic E-state index is 13.6. The largest absolute Gasteiger partial charge is 0.416 e. The van der Waals surface area contributed by atoms with E-state index in [9.17, 15) is 22.8 Å². The molecule has 0 saturated carbocycles. The maximum atomic E-state index is 13.6. The number of pyridine rings is 1. The van der Waals surface area contributed by atoms with Crippen molar-refractivity contribution in [1.82, 2.24) is 19.3 Å². The van der Waals surface area contributed by atoms with Crippen LogP contribution in [0.2, 0.25) is 5.02 Å². The van der Waals surface area contributed by atoms with Gasteiger partial charge in [0.05, 0.1) is 15.6 Å². The van der Waals surface area contributed by atoms with Gasteiger partial charge in [-0.3, -0.25) is 14.0 Å². The molecule has 3 aromatic heterocycles. The molecule has 0 radical (unpaired) electrons. The summed E-state index contributed by atoms with van der Waals surface area (Å²) in [6.07, 6.45) is -1.29. The summed E-state index contributed by atoms with van der Waals surface area (Å²) in [4.78, 5) is 38.3. The molecule has 1 N–H and O–H groups in total. The number of alkyl halides is 3. The van der Waals surface area contributed by atoms with Crippen LogP contribution in [0.25, 0.3) is 28.0 Å². The number of nitrogens with zero attached hydrogens (tertiary/aromatic N) is 4. The molecule has 1 saturated heterocycles. The Balaban J connectivity index is 1.04. The van der Waals surface area contributed by atoms with Crippen molar-refractivity contribution >= 4 is 46.2 Å². The van der Waals surface area contributed by atoms with E-state index in [-0.39, 0.29) is 23.4 Å². The predicted molar refractivity (Wildman–Crippen MR) is 180 cm³/mol. The summed E-state index contributed by atoms with van der Waals surface area (Å²) in [5.74, 6) is 0.0105. The Hall–Kier alpha value is -5.00. The van der Waals surface area contributed by atoms with Crippen LogP contribution in [0.3, 0.4) is 0 Å². The average molecular weight is 686 g/mol. The third-order valence-corrected chi connectivity index (χ3v) is 9.79. The number of hydrogen-bond acceptors (Lipinski definition) is 5. The first-order valence-electron chi connectivity index (χ1n) is 15.2. The van der Waals surface area contributed by atoms with Gasteiger partial charge < -0.3 is 10.2 Å². The van der Waals surface area contributed by atoms with Crippen LogP contribution < -0.4 is 5.32 Å². The number of imidazole rings is 1. The van der Waals surface area contributed by atoms with E-state index < -0.39 is 11.7 Å². The second-order valence-electron chi connectivity index (χ2n) is 11.4. The van der Waals surface area contributed by atoms with Gasteiger partial charge in [0.25, 0.3) is 11.8 Å². The summed E-state index contributed by atoms with van der Waals surface area (Å²) in [5, 5.41) is 6.07. The molecule has 7 nitrogen and oxygen atoms in total. The molecule has 0 atom stereocenters. The number of likely N-dealkylation sites (tertiary alicyclic amines) is 1. The van der Waals surface area contributed by atoms with Crippen LogP contribution in [0.5, 0.6) is 0 Å². The van der Waals surface area contributed by atoms with E-state index in [2.05, 4.69) is 10.3 Å². The number of aromatic nitrogens is 3. The number of thiazole rings is 1. The van der Waals surface area contributed by atoms with Crippen molar-refractivity contribution in [2.45, 2.75) is 24.9 Å². The minimum Gasteiger partial charge on any atom is -0.339 e. The number of piperidine rings is 1. The first-order chi connectivity index (χ1) is 23.2. The Morgan fingerprint density at radius 2 is 1.54 bits per heavy atom. The van der Waals surface area contributed by atoms with Gasteiger partial charge in [-0.15, -0.1) is 11.3 Å². The molecule has 4 heterocycles. The molecule has 1 aliphatic heterocycles. The minimum absolute atomic E-state index is 0.0697. The first kappa shape index (κ1) is 31.6. The summed E-state index contributed by atoms with van der Waals surface area (Å²) >= 11 is 7.90. The van der Waals surface area contributed by atoms with Crippen LogP contribution >= 0.6 is 22.9 Å². The smallest absolute Gasteiger partial charge is 0.339 e. The van der Waals surface area contributed by atoms with Gasteiger partial charge in [0.1, 0.15) is 22.9 Å². The highest BCUT2D eigenvalue weighted by Crippen LogP contribution is 2.36. The lowest BCUT2D eigenvalue weighted by atomic mass is 9.94. The van der Waals surface area contributed by atoms with E-state index in [1.807, 2.05) is 42.6 Å². The van der Waals surface area contributed by atoms with E-state index in [1.165, 1.54) is 23.5 Å². The summed E-state index contributed by atoms with van der Waals surface area (Å²) in [7, 11) is 0. The van der Waals surface area contributed by atoms with E-state index in [4.69, 9.17) is 16.6 Å². The van der Waals surface area contributed by atoms with E-state index in [0.717, 1.165) is 17.1 Å². The Kier molecular flexibility index (Phi) is 8.49. The van der Waals surface area contributed by atoms with Crippen LogP contribution in [0.1, 0.15) is 50.2 Å². The summed E-state index contributed by atoms with van der Waals surface area (Å²) in [6, 6.07) is 24.7. The number of hydrogen-bond donors (Lipinski definition) is 1. The SMILES string of the molecule is O=C(Nc1c(-c2ccccc2Cl)nc2ccccn12)c1csc(C2CCN(C(=O)c3ccccc3-c3ccc(C(F)(F)F)cc3)CC2)n1. The predicted octanol–water partition coefficient (Wildman–Crippen LogP) is 9.07. The Bertz CT molecular complexity index is 2140. The van der Waals surface area contributed by atoms with Crippen molar-refractivity contribution in [3.63, 3.8) is 0 Å². The molecule has 0 unspecified atom stereocenters. The first-order valence-corrected chi connectivity index (χ1v) is 16.5. The maximum Gasteiger partial charge on any atom is 0.416 e. The van der Waals surface area contributed by atoms with Crippen LogP contribution in [0.15, 0.2) is 103 Å². The lowest BCUT2D eigenvalue weighted by molar-refractivity contribution is -0.137. The molecule has 0 aliphatic carbocycles. The number of amides is 2. The highest BCUT2D eigenvalue weighted by molar-refractivity contribution is 7.10. The molecule has 3 aromatic carbocycles. The number of carbonyl (C=O) groups is 2. The van der Waals surface area contributed by atoms with Gasteiger partial charge in [0, 0.05) is 41.7 Å². The zero-order chi connectivity index (χ0) is 33.4. The van der Waals surface area contributed by atoms with E-state index in [0.29, 0.717) is 70.4 Å². The van der Waals surface area contributed by atoms with Crippen molar-refractivity contribution in [2.75, 3.05) is 18.4 Å². The standard InChI is InChI=1S/C36H27ClF3N5O2S/c37-28-10-4-3-9-27(28)31-32(45-18-6-5-11-30(45)42-31)43-33(46)29-21-48-34(41-29)23-16-19-44(20-17-23)35(47)26-8-2-1-7-25(26)22-12-14-24(15-13-22)36(38,39)40/h1-15,18,21,23H,16-17,19-20H2,(H,43,46). The second kappa shape index (κ2) is 12.9. The van der Waals surface area contributed by atoms with Gasteiger partial charge in [-0.2, -0.15) is 13.2 Å². The molecule has 48 heavy (non-hydrogen) atoms. The lowest BCUT2D eigenvalue weighted by Gasteiger charge is -2.31.